The second-order valence-electron chi connectivity index (χ2n) is 5.11. The van der Waals surface area contributed by atoms with Crippen LogP contribution in [0.2, 0.25) is 0 Å². The van der Waals surface area contributed by atoms with Crippen molar-refractivity contribution in [3.63, 3.8) is 0 Å². The van der Waals surface area contributed by atoms with Gasteiger partial charge in [0.05, 0.1) is 5.25 Å². The van der Waals surface area contributed by atoms with Crippen molar-refractivity contribution < 1.29 is 4.52 Å². The average Bonchev–Trinajstić information content (AvgIpc) is 2.96. The summed E-state index contributed by atoms with van der Waals surface area (Å²) in [7, 11) is 0. The van der Waals surface area contributed by atoms with Crippen molar-refractivity contribution in [2.45, 2.75) is 30.3 Å². The third-order valence-corrected chi connectivity index (χ3v) is 6.68. The molecule has 0 spiro atoms. The van der Waals surface area contributed by atoms with Crippen LogP contribution in [-0.4, -0.2) is 26.9 Å². The number of hydrogen-bond donors (Lipinski definition) is 1. The molecule has 2 atom stereocenters. The molecule has 6 heteroatoms. The van der Waals surface area contributed by atoms with Crippen molar-refractivity contribution in [2.75, 3.05) is 17.2 Å². The zero-order valence-corrected chi connectivity index (χ0v) is 13.6. The van der Waals surface area contributed by atoms with Crippen molar-refractivity contribution >= 4 is 29.2 Å². The van der Waals surface area contributed by atoms with Gasteiger partial charge in [-0.25, -0.2) is 0 Å². The first-order chi connectivity index (χ1) is 10.2. The lowest BCUT2D eigenvalue weighted by molar-refractivity contribution is 0.372. The second kappa shape index (κ2) is 6.75. The lowest BCUT2D eigenvalue weighted by atomic mass is 10.1. The molecule has 3 rings (SSSR count). The van der Waals surface area contributed by atoms with Crippen molar-refractivity contribution in [3.05, 3.63) is 41.5 Å². The first-order valence-electron chi connectivity index (χ1n) is 7.13. The van der Waals surface area contributed by atoms with Gasteiger partial charge in [0, 0.05) is 28.9 Å². The number of aromatic nitrogens is 2. The van der Waals surface area contributed by atoms with Crippen LogP contribution in [0.4, 0.5) is 5.69 Å². The quantitative estimate of drug-likeness (QED) is 0.871. The summed E-state index contributed by atoms with van der Waals surface area (Å²) in [5, 5.41) is 5.06. The van der Waals surface area contributed by atoms with Gasteiger partial charge in [-0.2, -0.15) is 16.7 Å². The average molecular weight is 321 g/mol. The summed E-state index contributed by atoms with van der Waals surface area (Å²) in [5.41, 5.74) is 7.91. The minimum absolute atomic E-state index is 0.350. The van der Waals surface area contributed by atoms with Crippen LogP contribution in [0.3, 0.4) is 0 Å². The summed E-state index contributed by atoms with van der Waals surface area (Å²) < 4.78 is 5.40. The van der Waals surface area contributed by atoms with Gasteiger partial charge in [0.1, 0.15) is 0 Å². The number of aryl methyl sites for hydroxylation is 2. The van der Waals surface area contributed by atoms with Crippen LogP contribution in [0.25, 0.3) is 0 Å². The Kier molecular flexibility index (Phi) is 4.75. The van der Waals surface area contributed by atoms with Crippen molar-refractivity contribution in [3.8, 4) is 0 Å². The highest BCUT2D eigenvalue weighted by atomic mass is 32.2. The fourth-order valence-corrected chi connectivity index (χ4v) is 5.08. The molecule has 2 heterocycles. The minimum Gasteiger partial charge on any atom is -0.399 e. The summed E-state index contributed by atoms with van der Waals surface area (Å²) >= 11 is 3.91. The maximum Gasteiger partial charge on any atom is 0.227 e. The molecule has 1 aliphatic rings. The molecule has 1 aromatic heterocycles. The molecular formula is C15H19N3OS2. The molecule has 2 aromatic rings. The number of nitrogen functional groups attached to an aromatic ring is 1. The number of rotatable bonds is 4. The monoisotopic (exact) mass is 321 g/mol. The smallest absolute Gasteiger partial charge is 0.227 e. The Morgan fingerprint density at radius 2 is 2.05 bits per heavy atom. The predicted molar refractivity (Wildman–Crippen MR) is 89.7 cm³/mol. The number of hydrogen-bond acceptors (Lipinski definition) is 6. The first-order valence-corrected chi connectivity index (χ1v) is 9.23. The molecule has 0 radical (unpaired) electrons. The molecule has 0 saturated carbocycles. The first kappa shape index (κ1) is 14.8. The molecule has 112 valence electrons. The number of anilines is 1. The summed E-state index contributed by atoms with van der Waals surface area (Å²) in [6.07, 6.45) is 1.57. The number of nitrogens with zero attached hydrogens (tertiary/aromatic N) is 2. The third kappa shape index (κ3) is 3.55. The number of para-hydroxylation sites is 1. The number of thioether (sulfide) groups is 2. The molecule has 1 aliphatic heterocycles. The predicted octanol–water partition coefficient (Wildman–Crippen LogP) is 3.35. The van der Waals surface area contributed by atoms with Gasteiger partial charge in [-0.1, -0.05) is 30.3 Å². The highest BCUT2D eigenvalue weighted by Gasteiger charge is 2.28. The van der Waals surface area contributed by atoms with E-state index in [0.717, 1.165) is 35.7 Å². The van der Waals surface area contributed by atoms with E-state index in [-0.39, 0.29) is 0 Å². The largest absolute Gasteiger partial charge is 0.399 e. The van der Waals surface area contributed by atoms with Crippen LogP contribution in [-0.2, 0) is 12.8 Å². The van der Waals surface area contributed by atoms with Crippen molar-refractivity contribution in [2.24, 2.45) is 0 Å². The Morgan fingerprint density at radius 1 is 1.24 bits per heavy atom. The molecule has 0 aliphatic carbocycles. The van der Waals surface area contributed by atoms with E-state index < -0.39 is 0 Å². The highest BCUT2D eigenvalue weighted by Crippen LogP contribution is 2.41. The van der Waals surface area contributed by atoms with E-state index in [2.05, 4.69) is 17.1 Å². The molecule has 0 amide bonds. The Morgan fingerprint density at radius 3 is 2.86 bits per heavy atom. The number of nitrogens with two attached hydrogens (primary N) is 1. The van der Waals surface area contributed by atoms with E-state index >= 15 is 0 Å². The molecule has 2 unspecified atom stereocenters. The maximum absolute atomic E-state index is 5.95. The molecule has 0 bridgehead atoms. The van der Waals surface area contributed by atoms with Gasteiger partial charge < -0.3 is 10.3 Å². The molecule has 21 heavy (non-hydrogen) atoms. The fraction of sp³-hybridized carbons (Fsp3) is 0.467. The van der Waals surface area contributed by atoms with E-state index in [1.165, 1.54) is 5.75 Å². The SMILES string of the molecule is CC1SCCSC1c1noc(CCc2ccccc2N)n1. The van der Waals surface area contributed by atoms with E-state index in [1.807, 2.05) is 47.8 Å². The summed E-state index contributed by atoms with van der Waals surface area (Å²) in [6, 6.07) is 7.92. The summed E-state index contributed by atoms with van der Waals surface area (Å²) in [4.78, 5) is 4.58. The van der Waals surface area contributed by atoms with Gasteiger partial charge in [0.15, 0.2) is 5.82 Å². The maximum atomic E-state index is 5.95. The lowest BCUT2D eigenvalue weighted by Gasteiger charge is -2.24. The highest BCUT2D eigenvalue weighted by molar-refractivity contribution is 8.06. The number of benzene rings is 1. The summed E-state index contributed by atoms with van der Waals surface area (Å²) in [6.45, 7) is 2.24. The van der Waals surface area contributed by atoms with Crippen LogP contribution in [0.5, 0.6) is 0 Å². The summed E-state index contributed by atoms with van der Waals surface area (Å²) in [5.74, 6) is 3.91. The van der Waals surface area contributed by atoms with Gasteiger partial charge in [0.25, 0.3) is 0 Å². The zero-order valence-electron chi connectivity index (χ0n) is 12.0. The standard InChI is InChI=1S/C15H19N3OS2/c1-10-14(21-9-8-20-10)15-17-13(19-18-15)7-6-11-4-2-3-5-12(11)16/h2-5,10,14H,6-9,16H2,1H3. The van der Waals surface area contributed by atoms with E-state index in [1.54, 1.807) is 0 Å². The van der Waals surface area contributed by atoms with Gasteiger partial charge in [-0.3, -0.25) is 0 Å². The Bertz CT molecular complexity index is 602. The van der Waals surface area contributed by atoms with Gasteiger partial charge in [-0.15, -0.1) is 11.8 Å². The normalized spacial score (nSPS) is 22.3. The van der Waals surface area contributed by atoms with Crippen LogP contribution in [0.15, 0.2) is 28.8 Å². The van der Waals surface area contributed by atoms with Crippen LogP contribution in [0.1, 0.15) is 29.5 Å². The Labute approximate surface area is 133 Å². The van der Waals surface area contributed by atoms with Gasteiger partial charge in [-0.05, 0) is 18.1 Å². The van der Waals surface area contributed by atoms with Crippen LogP contribution in [0, 0.1) is 0 Å². The van der Waals surface area contributed by atoms with Gasteiger partial charge >= 0.3 is 0 Å². The zero-order chi connectivity index (χ0) is 14.7. The van der Waals surface area contributed by atoms with Crippen LogP contribution < -0.4 is 5.73 Å². The van der Waals surface area contributed by atoms with E-state index in [0.29, 0.717) is 16.4 Å². The molecule has 4 nitrogen and oxygen atoms in total. The molecule has 1 fully saturated rings. The topological polar surface area (TPSA) is 64.9 Å². The lowest BCUT2D eigenvalue weighted by Crippen LogP contribution is -2.16. The van der Waals surface area contributed by atoms with E-state index in [4.69, 9.17) is 10.3 Å². The molecule has 1 saturated heterocycles. The minimum atomic E-state index is 0.350. The molecule has 2 N–H and O–H groups in total. The second-order valence-corrected chi connectivity index (χ2v) is 7.85. The Hall–Kier alpha value is -1.14. The van der Waals surface area contributed by atoms with Crippen molar-refractivity contribution in [1.82, 2.24) is 10.1 Å². The van der Waals surface area contributed by atoms with E-state index in [9.17, 15) is 0 Å². The fourth-order valence-electron chi connectivity index (χ4n) is 2.41. The van der Waals surface area contributed by atoms with Gasteiger partial charge in [0.2, 0.25) is 5.89 Å². The van der Waals surface area contributed by atoms with Crippen molar-refractivity contribution in [1.29, 1.82) is 0 Å². The molecular weight excluding hydrogens is 302 g/mol. The molecule has 1 aromatic carbocycles. The third-order valence-electron chi connectivity index (χ3n) is 3.59. The van der Waals surface area contributed by atoms with Crippen LogP contribution >= 0.6 is 23.5 Å². The Balaban J connectivity index is 1.64.